The fraction of sp³-hybridized carbons (Fsp3) is 0.444. The summed E-state index contributed by atoms with van der Waals surface area (Å²) in [6.07, 6.45) is 3.05. The zero-order valence-corrected chi connectivity index (χ0v) is 6.83. The topological polar surface area (TPSA) is 26.3 Å². The Bertz CT molecular complexity index is 216. The third-order valence-corrected chi connectivity index (χ3v) is 2.04. The Hall–Kier alpha value is -1.05. The second kappa shape index (κ2) is 2.91. The Labute approximate surface area is 66.5 Å². The van der Waals surface area contributed by atoms with Crippen molar-refractivity contribution in [2.24, 2.45) is 5.92 Å². The second-order valence-corrected chi connectivity index (χ2v) is 2.81. The van der Waals surface area contributed by atoms with E-state index in [0.717, 1.165) is 5.57 Å². The summed E-state index contributed by atoms with van der Waals surface area (Å²) < 4.78 is 4.98. The third kappa shape index (κ3) is 1.50. The summed E-state index contributed by atoms with van der Waals surface area (Å²) in [6.45, 7) is 7.55. The van der Waals surface area contributed by atoms with E-state index in [4.69, 9.17) is 4.74 Å². The number of esters is 1. The van der Waals surface area contributed by atoms with E-state index in [0.29, 0.717) is 0 Å². The van der Waals surface area contributed by atoms with E-state index in [1.807, 2.05) is 13.8 Å². The maximum Gasteiger partial charge on any atom is 0.331 e. The quantitative estimate of drug-likeness (QED) is 0.422. The summed E-state index contributed by atoms with van der Waals surface area (Å²) in [4.78, 5) is 10.8. The summed E-state index contributed by atoms with van der Waals surface area (Å²) in [5.41, 5.74) is 1.06. The number of hydrogen-bond acceptors (Lipinski definition) is 2. The molecule has 2 atom stereocenters. The van der Waals surface area contributed by atoms with Gasteiger partial charge in [0.25, 0.3) is 0 Å². The molecule has 1 aliphatic heterocycles. The van der Waals surface area contributed by atoms with Crippen molar-refractivity contribution in [2.75, 3.05) is 0 Å². The smallest absolute Gasteiger partial charge is 0.331 e. The molecular formula is C9H12O2. The van der Waals surface area contributed by atoms with Crippen molar-refractivity contribution in [3.63, 3.8) is 0 Å². The molecule has 2 nitrogen and oxygen atoms in total. The summed E-state index contributed by atoms with van der Waals surface area (Å²) in [5, 5.41) is 0. The molecule has 0 aromatic carbocycles. The number of cyclic esters (lactones) is 1. The molecular weight excluding hydrogens is 140 g/mol. The molecule has 60 valence electrons. The Morgan fingerprint density at radius 3 is 2.91 bits per heavy atom. The van der Waals surface area contributed by atoms with Gasteiger partial charge in [0.15, 0.2) is 0 Å². The van der Waals surface area contributed by atoms with Gasteiger partial charge in [-0.3, -0.25) is 0 Å². The molecule has 0 spiro atoms. The van der Waals surface area contributed by atoms with Crippen LogP contribution in [0.25, 0.3) is 0 Å². The first-order valence-corrected chi connectivity index (χ1v) is 3.66. The van der Waals surface area contributed by atoms with Gasteiger partial charge in [-0.05, 0) is 6.92 Å². The van der Waals surface area contributed by atoms with Crippen molar-refractivity contribution < 1.29 is 9.53 Å². The van der Waals surface area contributed by atoms with Gasteiger partial charge in [0.2, 0.25) is 0 Å². The Morgan fingerprint density at radius 2 is 2.36 bits per heavy atom. The van der Waals surface area contributed by atoms with Crippen molar-refractivity contribution in [3.8, 4) is 0 Å². The number of carbonyl (C=O) groups is 1. The van der Waals surface area contributed by atoms with Crippen LogP contribution in [-0.2, 0) is 9.53 Å². The predicted molar refractivity (Wildman–Crippen MR) is 43.0 cm³/mol. The lowest BCUT2D eigenvalue weighted by atomic mass is 9.94. The largest absolute Gasteiger partial charge is 0.454 e. The fourth-order valence-corrected chi connectivity index (χ4v) is 1.10. The van der Waals surface area contributed by atoms with Gasteiger partial charge in [-0.2, -0.15) is 0 Å². The van der Waals surface area contributed by atoms with Crippen LogP contribution in [0.15, 0.2) is 24.3 Å². The zero-order chi connectivity index (χ0) is 8.43. The molecule has 0 saturated heterocycles. The van der Waals surface area contributed by atoms with Crippen LogP contribution >= 0.6 is 0 Å². The molecule has 0 N–H and O–H groups in total. The van der Waals surface area contributed by atoms with Gasteiger partial charge in [-0.1, -0.05) is 25.2 Å². The first-order valence-electron chi connectivity index (χ1n) is 3.66. The van der Waals surface area contributed by atoms with Crippen LogP contribution in [0.3, 0.4) is 0 Å². The highest BCUT2D eigenvalue weighted by atomic mass is 16.5. The minimum absolute atomic E-state index is 0.146. The summed E-state index contributed by atoms with van der Waals surface area (Å²) in [5.74, 6) is 0.00991. The number of hydrogen-bond donors (Lipinski definition) is 0. The molecule has 2 heteroatoms. The van der Waals surface area contributed by atoms with Crippen LogP contribution in [0.5, 0.6) is 0 Å². The van der Waals surface area contributed by atoms with E-state index in [-0.39, 0.29) is 18.0 Å². The molecule has 0 bridgehead atoms. The highest BCUT2D eigenvalue weighted by molar-refractivity contribution is 5.84. The van der Waals surface area contributed by atoms with Gasteiger partial charge in [0.05, 0.1) is 0 Å². The van der Waals surface area contributed by atoms with Crippen molar-refractivity contribution in [1.29, 1.82) is 0 Å². The minimum atomic E-state index is -0.259. The molecule has 0 unspecified atom stereocenters. The van der Waals surface area contributed by atoms with Gasteiger partial charge in [0.1, 0.15) is 6.10 Å². The minimum Gasteiger partial charge on any atom is -0.454 e. The van der Waals surface area contributed by atoms with E-state index in [1.54, 1.807) is 6.08 Å². The molecule has 0 saturated carbocycles. The maximum atomic E-state index is 10.8. The molecule has 0 amide bonds. The van der Waals surface area contributed by atoms with Crippen LogP contribution in [0.4, 0.5) is 0 Å². The lowest BCUT2D eigenvalue weighted by Crippen LogP contribution is -2.27. The predicted octanol–water partition coefficient (Wildman–Crippen LogP) is 1.68. The molecule has 0 aromatic rings. The first kappa shape index (κ1) is 8.05. The lowest BCUT2D eigenvalue weighted by molar-refractivity contribution is -0.143. The van der Waals surface area contributed by atoms with E-state index in [9.17, 15) is 4.79 Å². The average molecular weight is 152 g/mol. The van der Waals surface area contributed by atoms with E-state index in [1.165, 1.54) is 6.08 Å². The van der Waals surface area contributed by atoms with E-state index >= 15 is 0 Å². The van der Waals surface area contributed by atoms with Crippen LogP contribution in [-0.4, -0.2) is 12.1 Å². The summed E-state index contributed by atoms with van der Waals surface area (Å²) >= 11 is 0. The van der Waals surface area contributed by atoms with Gasteiger partial charge >= 0.3 is 5.97 Å². The van der Waals surface area contributed by atoms with Gasteiger partial charge in [-0.25, -0.2) is 4.79 Å². The number of rotatable bonds is 1. The van der Waals surface area contributed by atoms with Crippen LogP contribution in [0, 0.1) is 5.92 Å². The molecule has 0 radical (unpaired) electrons. The Kier molecular flexibility index (Phi) is 2.13. The SMILES string of the molecule is C=C[C@@H]1OC(=O)C=C(C)[C@H]1C. The average Bonchev–Trinajstić information content (AvgIpc) is 1.96. The van der Waals surface area contributed by atoms with Crippen molar-refractivity contribution in [2.45, 2.75) is 20.0 Å². The zero-order valence-electron chi connectivity index (χ0n) is 6.83. The second-order valence-electron chi connectivity index (χ2n) is 2.81. The van der Waals surface area contributed by atoms with E-state index in [2.05, 4.69) is 6.58 Å². The molecule has 0 aromatic heterocycles. The van der Waals surface area contributed by atoms with Gasteiger partial charge < -0.3 is 4.74 Å². The number of ether oxygens (including phenoxy) is 1. The first-order chi connectivity index (χ1) is 5.15. The van der Waals surface area contributed by atoms with Crippen molar-refractivity contribution >= 4 is 5.97 Å². The van der Waals surface area contributed by atoms with Gasteiger partial charge in [0, 0.05) is 12.0 Å². The monoisotopic (exact) mass is 152 g/mol. The molecule has 1 heterocycles. The van der Waals surface area contributed by atoms with E-state index < -0.39 is 0 Å². The Morgan fingerprint density at radius 1 is 1.73 bits per heavy atom. The number of carbonyl (C=O) groups excluding carboxylic acids is 1. The van der Waals surface area contributed by atoms with Crippen LogP contribution < -0.4 is 0 Å². The molecule has 11 heavy (non-hydrogen) atoms. The maximum absolute atomic E-state index is 10.8. The lowest BCUT2D eigenvalue weighted by Gasteiger charge is -2.25. The molecule has 0 fully saturated rings. The van der Waals surface area contributed by atoms with Gasteiger partial charge in [-0.15, -0.1) is 0 Å². The normalized spacial score (nSPS) is 30.7. The molecule has 1 aliphatic rings. The standard InChI is InChI=1S/C9H12O2/c1-4-8-7(3)6(2)5-9(10)11-8/h4-5,7-8H,1H2,2-3H3/t7-,8+/m1/s1. The molecule has 0 aliphatic carbocycles. The van der Waals surface area contributed by atoms with Crippen molar-refractivity contribution in [3.05, 3.63) is 24.3 Å². The van der Waals surface area contributed by atoms with Crippen molar-refractivity contribution in [1.82, 2.24) is 0 Å². The Balaban J connectivity index is 2.85. The third-order valence-electron chi connectivity index (χ3n) is 2.04. The van der Waals surface area contributed by atoms with Crippen LogP contribution in [0.1, 0.15) is 13.8 Å². The molecule has 1 rings (SSSR count). The summed E-state index contributed by atoms with van der Waals surface area (Å²) in [6, 6.07) is 0. The fourth-order valence-electron chi connectivity index (χ4n) is 1.10. The highest BCUT2D eigenvalue weighted by Gasteiger charge is 2.23. The summed E-state index contributed by atoms with van der Waals surface area (Å²) in [7, 11) is 0. The van der Waals surface area contributed by atoms with Crippen LogP contribution in [0.2, 0.25) is 0 Å². The highest BCUT2D eigenvalue weighted by Crippen LogP contribution is 2.22.